The molecular weight excluding hydrogens is 316 g/mol. The third-order valence-electron chi connectivity index (χ3n) is 4.26. The molecule has 0 aromatic heterocycles. The maximum atomic E-state index is 5.66. The summed E-state index contributed by atoms with van der Waals surface area (Å²) in [7, 11) is 0. The number of hydrogen-bond donors (Lipinski definition) is 0. The molecule has 24 heavy (non-hydrogen) atoms. The summed E-state index contributed by atoms with van der Waals surface area (Å²) < 4.78 is 5.54. The summed E-state index contributed by atoms with van der Waals surface area (Å²) in [4.78, 5) is 0. The van der Waals surface area contributed by atoms with Gasteiger partial charge in [-0.1, -0.05) is 60.7 Å². The van der Waals surface area contributed by atoms with Crippen LogP contribution in [0.3, 0.4) is 0 Å². The average molecular weight is 333 g/mol. The molecule has 4 rings (SSSR count). The molecule has 0 fully saturated rings. The Balaban J connectivity index is 1.74. The highest BCUT2D eigenvalue weighted by Crippen LogP contribution is 2.44. The summed E-state index contributed by atoms with van der Waals surface area (Å²) in [5.74, 6) is 1.35. The number of benzene rings is 3. The Kier molecular flexibility index (Phi) is 4.10. The summed E-state index contributed by atoms with van der Waals surface area (Å²) in [6.45, 7) is 0.530. The lowest BCUT2D eigenvalue weighted by Crippen LogP contribution is -1.97. The van der Waals surface area contributed by atoms with Crippen LogP contribution in [-0.4, -0.2) is 12.5 Å². The molecule has 0 heterocycles. The molecule has 0 saturated heterocycles. The first-order chi connectivity index (χ1) is 11.9. The van der Waals surface area contributed by atoms with E-state index < -0.39 is 0 Å². The van der Waals surface area contributed by atoms with Crippen molar-refractivity contribution >= 4 is 23.3 Å². The Morgan fingerprint density at radius 3 is 1.79 bits per heavy atom. The Bertz CT molecular complexity index is 846. The molecule has 0 atom stereocenters. The monoisotopic (exact) mass is 332 g/mol. The lowest BCUT2D eigenvalue weighted by molar-refractivity contribution is 0.343. The van der Waals surface area contributed by atoms with Gasteiger partial charge in [-0.3, -0.25) is 0 Å². The standard InChI is InChI=1S/C22H17ClO/c23-13-14-24-17-11-9-16(10-12-17)15-22-20-7-3-1-5-18(20)19-6-2-4-8-21(19)22/h1-12,15H,13-14H2. The van der Waals surface area contributed by atoms with E-state index in [0.717, 1.165) is 11.3 Å². The lowest BCUT2D eigenvalue weighted by atomic mass is 10.0. The van der Waals surface area contributed by atoms with Crippen LogP contribution in [0.25, 0.3) is 22.8 Å². The molecule has 0 aliphatic heterocycles. The topological polar surface area (TPSA) is 9.23 Å². The van der Waals surface area contributed by atoms with Crippen molar-refractivity contribution in [2.75, 3.05) is 12.5 Å². The van der Waals surface area contributed by atoms with Gasteiger partial charge in [0.25, 0.3) is 0 Å². The highest BCUT2D eigenvalue weighted by molar-refractivity contribution is 6.18. The predicted octanol–water partition coefficient (Wildman–Crippen LogP) is 5.87. The van der Waals surface area contributed by atoms with Crippen molar-refractivity contribution in [2.24, 2.45) is 0 Å². The van der Waals surface area contributed by atoms with Gasteiger partial charge >= 0.3 is 0 Å². The molecule has 1 aliphatic rings. The Morgan fingerprint density at radius 2 is 1.25 bits per heavy atom. The Hall–Kier alpha value is -2.51. The third kappa shape index (κ3) is 2.72. The molecule has 0 amide bonds. The summed E-state index contributed by atoms with van der Waals surface area (Å²) >= 11 is 5.66. The van der Waals surface area contributed by atoms with Gasteiger partial charge in [-0.05, 0) is 51.6 Å². The quantitative estimate of drug-likeness (QED) is 0.424. The molecule has 0 unspecified atom stereocenters. The van der Waals surface area contributed by atoms with Crippen molar-refractivity contribution in [3.8, 4) is 16.9 Å². The molecule has 0 saturated carbocycles. The number of alkyl halides is 1. The molecule has 118 valence electrons. The van der Waals surface area contributed by atoms with E-state index in [1.807, 2.05) is 12.1 Å². The van der Waals surface area contributed by atoms with Crippen LogP contribution < -0.4 is 4.74 Å². The average Bonchev–Trinajstić information content (AvgIpc) is 2.96. The zero-order valence-electron chi connectivity index (χ0n) is 13.2. The van der Waals surface area contributed by atoms with E-state index in [1.54, 1.807) is 0 Å². The number of rotatable bonds is 4. The van der Waals surface area contributed by atoms with Gasteiger partial charge in [0, 0.05) is 0 Å². The van der Waals surface area contributed by atoms with Gasteiger partial charge in [0.05, 0.1) is 5.88 Å². The van der Waals surface area contributed by atoms with E-state index in [2.05, 4.69) is 66.7 Å². The minimum Gasteiger partial charge on any atom is -0.492 e. The largest absolute Gasteiger partial charge is 0.492 e. The van der Waals surface area contributed by atoms with Crippen molar-refractivity contribution in [2.45, 2.75) is 0 Å². The summed E-state index contributed by atoms with van der Waals surface area (Å²) in [5.41, 5.74) is 7.63. The molecular formula is C22H17ClO. The van der Waals surface area contributed by atoms with Crippen LogP contribution in [0.15, 0.2) is 72.8 Å². The molecule has 0 N–H and O–H groups in total. The highest BCUT2D eigenvalue weighted by Gasteiger charge is 2.21. The highest BCUT2D eigenvalue weighted by atomic mass is 35.5. The number of halogens is 1. The molecule has 1 nitrogen and oxygen atoms in total. The van der Waals surface area contributed by atoms with E-state index in [9.17, 15) is 0 Å². The molecule has 0 spiro atoms. The van der Waals surface area contributed by atoms with Crippen molar-refractivity contribution in [3.05, 3.63) is 89.5 Å². The van der Waals surface area contributed by atoms with Gasteiger partial charge in [0.2, 0.25) is 0 Å². The smallest absolute Gasteiger partial charge is 0.119 e. The first-order valence-electron chi connectivity index (χ1n) is 8.06. The van der Waals surface area contributed by atoms with E-state index >= 15 is 0 Å². The van der Waals surface area contributed by atoms with Crippen molar-refractivity contribution in [1.29, 1.82) is 0 Å². The van der Waals surface area contributed by atoms with Crippen molar-refractivity contribution < 1.29 is 4.74 Å². The van der Waals surface area contributed by atoms with Gasteiger partial charge in [-0.25, -0.2) is 0 Å². The molecule has 2 heteroatoms. The van der Waals surface area contributed by atoms with Gasteiger partial charge in [-0.15, -0.1) is 11.6 Å². The Labute approximate surface area is 147 Å². The molecule has 3 aromatic carbocycles. The van der Waals surface area contributed by atoms with Crippen LogP contribution in [-0.2, 0) is 0 Å². The van der Waals surface area contributed by atoms with Crippen LogP contribution in [0.2, 0.25) is 0 Å². The zero-order valence-corrected chi connectivity index (χ0v) is 14.0. The number of ether oxygens (including phenoxy) is 1. The Morgan fingerprint density at radius 1 is 0.708 bits per heavy atom. The van der Waals surface area contributed by atoms with E-state index in [-0.39, 0.29) is 0 Å². The van der Waals surface area contributed by atoms with Crippen LogP contribution in [0.1, 0.15) is 16.7 Å². The van der Waals surface area contributed by atoms with Gasteiger partial charge in [0.15, 0.2) is 0 Å². The maximum Gasteiger partial charge on any atom is 0.119 e. The van der Waals surface area contributed by atoms with Crippen molar-refractivity contribution in [1.82, 2.24) is 0 Å². The number of fused-ring (bicyclic) bond motifs is 3. The van der Waals surface area contributed by atoms with Gasteiger partial charge < -0.3 is 4.74 Å². The van der Waals surface area contributed by atoms with E-state index in [4.69, 9.17) is 16.3 Å². The fourth-order valence-corrected chi connectivity index (χ4v) is 3.27. The van der Waals surface area contributed by atoms with Crippen LogP contribution in [0, 0.1) is 0 Å². The first-order valence-corrected chi connectivity index (χ1v) is 8.60. The van der Waals surface area contributed by atoms with Crippen molar-refractivity contribution in [3.63, 3.8) is 0 Å². The fourth-order valence-electron chi connectivity index (χ4n) is 3.19. The molecule has 1 aliphatic carbocycles. The predicted molar refractivity (Wildman–Crippen MR) is 102 cm³/mol. The lowest BCUT2D eigenvalue weighted by Gasteiger charge is -2.06. The molecule has 0 radical (unpaired) electrons. The minimum atomic E-state index is 0.499. The van der Waals surface area contributed by atoms with Gasteiger partial charge in [-0.2, -0.15) is 0 Å². The third-order valence-corrected chi connectivity index (χ3v) is 4.42. The van der Waals surface area contributed by atoms with Crippen LogP contribution in [0.5, 0.6) is 5.75 Å². The van der Waals surface area contributed by atoms with E-state index in [1.165, 1.54) is 27.8 Å². The van der Waals surface area contributed by atoms with Crippen LogP contribution in [0.4, 0.5) is 0 Å². The second kappa shape index (κ2) is 6.54. The number of hydrogen-bond acceptors (Lipinski definition) is 1. The fraction of sp³-hybridized carbons (Fsp3) is 0.0909. The zero-order chi connectivity index (χ0) is 16.4. The van der Waals surface area contributed by atoms with E-state index in [0.29, 0.717) is 12.5 Å². The molecule has 0 bridgehead atoms. The summed E-state index contributed by atoms with van der Waals surface area (Å²) in [5, 5.41) is 0. The van der Waals surface area contributed by atoms with Crippen LogP contribution >= 0.6 is 11.6 Å². The summed E-state index contributed by atoms with van der Waals surface area (Å²) in [6, 6.07) is 25.3. The summed E-state index contributed by atoms with van der Waals surface area (Å²) in [6.07, 6.45) is 2.25. The first kappa shape index (κ1) is 15.0. The molecule has 3 aromatic rings. The SMILES string of the molecule is ClCCOc1ccc(C=C2c3ccccc3-c3ccccc32)cc1. The second-order valence-corrected chi connectivity index (χ2v) is 6.13. The minimum absolute atomic E-state index is 0.499. The maximum absolute atomic E-state index is 5.66. The second-order valence-electron chi connectivity index (χ2n) is 5.76. The normalized spacial score (nSPS) is 11.8. The van der Waals surface area contributed by atoms with Gasteiger partial charge in [0.1, 0.15) is 12.4 Å².